The molecule has 0 bridgehead atoms. The lowest BCUT2D eigenvalue weighted by atomic mass is 10.0. The number of carbonyl (C=O) groups is 3. The van der Waals surface area contributed by atoms with Crippen LogP contribution in [0.3, 0.4) is 0 Å². The van der Waals surface area contributed by atoms with Crippen molar-refractivity contribution in [3.8, 4) is 0 Å². The Bertz CT molecular complexity index is 1700. The van der Waals surface area contributed by atoms with Gasteiger partial charge in [0.2, 0.25) is 0 Å². The highest BCUT2D eigenvalue weighted by atomic mass is 16.6. The van der Waals surface area contributed by atoms with Crippen molar-refractivity contribution in [2.24, 2.45) is 0 Å². The molecule has 1 atom stereocenters. The Hall–Kier alpha value is -4.19. The van der Waals surface area contributed by atoms with Crippen molar-refractivity contribution < 1.29 is 28.6 Å². The lowest BCUT2D eigenvalue weighted by Gasteiger charge is -2.18. The van der Waals surface area contributed by atoms with Crippen LogP contribution in [0.25, 0.3) is 0 Å². The molecule has 0 aliphatic rings. The Labute approximate surface area is 513 Å². The van der Waals surface area contributed by atoms with E-state index >= 15 is 0 Å². The maximum atomic E-state index is 13.0. The van der Waals surface area contributed by atoms with E-state index in [1.807, 2.05) is 0 Å². The molecule has 83 heavy (non-hydrogen) atoms. The summed E-state index contributed by atoms with van der Waals surface area (Å²) in [7, 11) is 0. The molecule has 0 spiro atoms. The SMILES string of the molecule is CC/C=C\C/C=C\C/C=C\C/C=C\C/C=C\CCCCCCCCCCCC(=O)OCC(COC(=O)CCCCCCCCCCCCCCCCCCCCC)OC(=O)CCCCCCC/C=C\C/C=C\C/C=C\C/C=C\C/C=C\CC. The molecule has 0 aliphatic heterocycles. The first-order valence-electron chi connectivity index (χ1n) is 35.0. The van der Waals surface area contributed by atoms with E-state index in [0.29, 0.717) is 19.3 Å². The van der Waals surface area contributed by atoms with Gasteiger partial charge in [-0.05, 0) is 109 Å². The zero-order chi connectivity index (χ0) is 59.9. The first kappa shape index (κ1) is 78.8. The predicted octanol–water partition coefficient (Wildman–Crippen LogP) is 24.3. The van der Waals surface area contributed by atoms with Gasteiger partial charge in [0, 0.05) is 19.3 Å². The van der Waals surface area contributed by atoms with Gasteiger partial charge in [0.25, 0.3) is 0 Å². The summed E-state index contributed by atoms with van der Waals surface area (Å²) in [5, 5.41) is 0. The highest BCUT2D eigenvalue weighted by Gasteiger charge is 2.19. The number of hydrogen-bond acceptors (Lipinski definition) is 6. The van der Waals surface area contributed by atoms with E-state index < -0.39 is 6.10 Å². The Morgan fingerprint density at radius 2 is 0.470 bits per heavy atom. The number of esters is 3. The minimum atomic E-state index is -0.795. The fraction of sp³-hybridized carbons (Fsp3) is 0.701. The second-order valence-corrected chi connectivity index (χ2v) is 23.0. The minimum absolute atomic E-state index is 0.0871. The van der Waals surface area contributed by atoms with E-state index in [1.165, 1.54) is 141 Å². The molecule has 0 radical (unpaired) electrons. The summed E-state index contributed by atoms with van der Waals surface area (Å²) in [6.45, 7) is 6.43. The van der Waals surface area contributed by atoms with Crippen LogP contribution in [-0.2, 0) is 28.6 Å². The third kappa shape index (κ3) is 68.5. The largest absolute Gasteiger partial charge is 0.462 e. The average Bonchev–Trinajstić information content (AvgIpc) is 3.50. The summed E-state index contributed by atoms with van der Waals surface area (Å²) in [5.41, 5.74) is 0. The summed E-state index contributed by atoms with van der Waals surface area (Å²) in [6.07, 6.45) is 97.8. The molecule has 6 heteroatoms. The van der Waals surface area contributed by atoms with Crippen LogP contribution in [0.5, 0.6) is 0 Å². The maximum Gasteiger partial charge on any atom is 0.306 e. The van der Waals surface area contributed by atoms with E-state index in [1.54, 1.807) is 0 Å². The van der Waals surface area contributed by atoms with Crippen molar-refractivity contribution in [2.45, 2.75) is 335 Å². The molecule has 0 N–H and O–H groups in total. The second kappa shape index (κ2) is 70.3. The minimum Gasteiger partial charge on any atom is -0.462 e. The van der Waals surface area contributed by atoms with Crippen molar-refractivity contribution >= 4 is 17.9 Å². The lowest BCUT2D eigenvalue weighted by Crippen LogP contribution is -2.30. The quantitative estimate of drug-likeness (QED) is 0.0261. The molecule has 0 aromatic heterocycles. The number of ether oxygens (including phenoxy) is 3. The van der Waals surface area contributed by atoms with Crippen LogP contribution in [0.15, 0.2) is 122 Å². The number of carbonyl (C=O) groups excluding carboxylic acids is 3. The van der Waals surface area contributed by atoms with Gasteiger partial charge in [0.05, 0.1) is 0 Å². The van der Waals surface area contributed by atoms with Gasteiger partial charge in [0.1, 0.15) is 13.2 Å². The summed E-state index contributed by atoms with van der Waals surface area (Å²) in [5.74, 6) is -0.899. The molecule has 0 rings (SSSR count). The Morgan fingerprint density at radius 1 is 0.253 bits per heavy atom. The smallest absolute Gasteiger partial charge is 0.306 e. The fourth-order valence-electron chi connectivity index (χ4n) is 9.79. The molecule has 6 nitrogen and oxygen atoms in total. The molecule has 0 heterocycles. The highest BCUT2D eigenvalue weighted by molar-refractivity contribution is 5.71. The van der Waals surface area contributed by atoms with Crippen LogP contribution in [0.1, 0.15) is 329 Å². The number of rotatable bonds is 63. The topological polar surface area (TPSA) is 78.9 Å². The summed E-state index contributed by atoms with van der Waals surface area (Å²) in [4.78, 5) is 38.5. The number of hydrogen-bond donors (Lipinski definition) is 0. The number of unbranched alkanes of at least 4 members (excludes halogenated alkanes) is 32. The van der Waals surface area contributed by atoms with E-state index in [0.717, 1.165) is 148 Å². The van der Waals surface area contributed by atoms with Crippen LogP contribution in [-0.4, -0.2) is 37.2 Å². The second-order valence-electron chi connectivity index (χ2n) is 23.0. The van der Waals surface area contributed by atoms with Gasteiger partial charge < -0.3 is 14.2 Å². The first-order valence-corrected chi connectivity index (χ1v) is 35.0. The molecule has 0 aromatic carbocycles. The van der Waals surface area contributed by atoms with Gasteiger partial charge in [-0.3, -0.25) is 14.4 Å². The lowest BCUT2D eigenvalue weighted by molar-refractivity contribution is -0.167. The maximum absolute atomic E-state index is 13.0. The molecular formula is C77H130O6. The Kier molecular flexibility index (Phi) is 66.7. The van der Waals surface area contributed by atoms with Gasteiger partial charge in [0.15, 0.2) is 6.10 Å². The zero-order valence-corrected chi connectivity index (χ0v) is 54.4. The molecule has 0 saturated carbocycles. The van der Waals surface area contributed by atoms with Crippen LogP contribution in [0, 0.1) is 0 Å². The monoisotopic (exact) mass is 1150 g/mol. The van der Waals surface area contributed by atoms with Crippen LogP contribution < -0.4 is 0 Å². The molecule has 0 saturated heterocycles. The van der Waals surface area contributed by atoms with E-state index in [4.69, 9.17) is 14.2 Å². The molecular weight excluding hydrogens is 1020 g/mol. The van der Waals surface area contributed by atoms with Crippen LogP contribution in [0.2, 0.25) is 0 Å². The van der Waals surface area contributed by atoms with Crippen molar-refractivity contribution in [2.75, 3.05) is 13.2 Å². The predicted molar refractivity (Wildman–Crippen MR) is 362 cm³/mol. The van der Waals surface area contributed by atoms with Crippen LogP contribution >= 0.6 is 0 Å². The van der Waals surface area contributed by atoms with Gasteiger partial charge in [-0.1, -0.05) is 322 Å². The van der Waals surface area contributed by atoms with Gasteiger partial charge in [-0.2, -0.15) is 0 Å². The van der Waals surface area contributed by atoms with Gasteiger partial charge in [-0.25, -0.2) is 0 Å². The van der Waals surface area contributed by atoms with Gasteiger partial charge in [-0.15, -0.1) is 0 Å². The third-order valence-electron chi connectivity index (χ3n) is 15.0. The fourth-order valence-corrected chi connectivity index (χ4v) is 9.79. The van der Waals surface area contributed by atoms with Crippen LogP contribution in [0.4, 0.5) is 0 Å². The highest BCUT2D eigenvalue weighted by Crippen LogP contribution is 2.17. The molecule has 0 aromatic rings. The molecule has 1 unspecified atom stereocenters. The van der Waals surface area contributed by atoms with E-state index in [2.05, 4.69) is 142 Å². The van der Waals surface area contributed by atoms with Crippen molar-refractivity contribution in [1.82, 2.24) is 0 Å². The van der Waals surface area contributed by atoms with E-state index in [-0.39, 0.29) is 31.1 Å². The van der Waals surface area contributed by atoms with Crippen molar-refractivity contribution in [1.29, 1.82) is 0 Å². The Balaban J connectivity index is 4.42. The Morgan fingerprint density at radius 3 is 0.735 bits per heavy atom. The summed E-state index contributed by atoms with van der Waals surface area (Å²) in [6, 6.07) is 0. The molecule has 474 valence electrons. The molecule has 0 aliphatic carbocycles. The average molecular weight is 1150 g/mol. The normalized spacial score (nSPS) is 12.9. The molecule has 0 fully saturated rings. The molecule has 0 amide bonds. The summed E-state index contributed by atoms with van der Waals surface area (Å²) >= 11 is 0. The van der Waals surface area contributed by atoms with Gasteiger partial charge >= 0.3 is 17.9 Å². The standard InChI is InChI=1S/C77H130O6/c1-4-7-10-13-16-19-22-25-28-31-34-36-37-38-39-41-43-46-49-52-55-58-61-64-67-70-76(79)82-73-74(72-81-75(78)69-66-63-60-57-54-51-48-45-42-33-30-27-24-21-18-15-12-9-6-3)83-77(80)71-68-65-62-59-56-53-50-47-44-40-35-32-29-26-23-20-17-14-11-8-5-2/h7-8,10-11,16-17,19-20,25-26,28-29,34-36,38-40,47,50,74H,4-6,9,12-15,18,21-24,27,30-33,37,41-46,48-49,51-73H2,1-3H3/b10-7-,11-8-,19-16-,20-17-,28-25-,29-26-,36-34-,39-38-,40-35-,50-47-. The summed E-state index contributed by atoms with van der Waals surface area (Å²) < 4.78 is 17.0. The van der Waals surface area contributed by atoms with Crippen molar-refractivity contribution in [3.63, 3.8) is 0 Å². The third-order valence-corrected chi connectivity index (χ3v) is 15.0. The first-order chi connectivity index (χ1) is 41.0. The number of allylic oxidation sites excluding steroid dienone is 20. The van der Waals surface area contributed by atoms with Crippen molar-refractivity contribution in [3.05, 3.63) is 122 Å². The van der Waals surface area contributed by atoms with E-state index in [9.17, 15) is 14.4 Å². The zero-order valence-electron chi connectivity index (χ0n) is 54.4.